The van der Waals surface area contributed by atoms with E-state index < -0.39 is 0 Å². The van der Waals surface area contributed by atoms with Crippen molar-refractivity contribution in [1.82, 2.24) is 9.91 Å². The number of hydrogen-bond acceptors (Lipinski definition) is 3. The molecule has 1 atom stereocenters. The molecule has 0 fully saturated rings. The van der Waals surface area contributed by atoms with E-state index in [0.717, 1.165) is 12.3 Å². The lowest BCUT2D eigenvalue weighted by molar-refractivity contribution is -0.131. The fraction of sp³-hybridized carbons (Fsp3) is 0.778. The molecular weight excluding hydrogens is 166 g/mol. The summed E-state index contributed by atoms with van der Waals surface area (Å²) in [5, 5.41) is 5.77. The first-order valence-electron chi connectivity index (χ1n) is 4.53. The minimum Gasteiger partial charge on any atom is -0.308 e. The van der Waals surface area contributed by atoms with Crippen molar-refractivity contribution in [1.29, 1.82) is 0 Å². The Morgan fingerprint density at radius 1 is 1.54 bits per heavy atom. The molecule has 0 N–H and O–H groups in total. The van der Waals surface area contributed by atoms with Crippen LogP contribution in [0.2, 0.25) is 0 Å². The summed E-state index contributed by atoms with van der Waals surface area (Å²) in [5.74, 6) is 0.0986. The van der Waals surface area contributed by atoms with E-state index in [1.807, 2.05) is 32.8 Å². The minimum atomic E-state index is -0.0258. The van der Waals surface area contributed by atoms with Gasteiger partial charge in [0.2, 0.25) is 0 Å². The Morgan fingerprint density at radius 3 is 2.54 bits per heavy atom. The van der Waals surface area contributed by atoms with E-state index in [-0.39, 0.29) is 11.8 Å². The standard InChI is InChI=1S/C9H17N3O/c1-7-8(2)10-12(9(7)13)6-5-11(3)4/h7H,5-6H2,1-4H3. The first-order chi connectivity index (χ1) is 6.02. The molecule has 0 aromatic heterocycles. The Kier molecular flexibility index (Phi) is 3.03. The number of carbonyl (C=O) groups is 1. The molecule has 0 radical (unpaired) electrons. The number of nitrogens with zero attached hydrogens (tertiary/aromatic N) is 3. The molecular formula is C9H17N3O. The zero-order valence-electron chi connectivity index (χ0n) is 8.74. The van der Waals surface area contributed by atoms with E-state index in [9.17, 15) is 4.79 Å². The lowest BCUT2D eigenvalue weighted by atomic mass is 10.1. The molecule has 74 valence electrons. The zero-order chi connectivity index (χ0) is 10.0. The van der Waals surface area contributed by atoms with Crippen molar-refractivity contribution in [2.75, 3.05) is 27.2 Å². The molecule has 1 amide bonds. The van der Waals surface area contributed by atoms with Gasteiger partial charge in [-0.25, -0.2) is 5.01 Å². The highest BCUT2D eigenvalue weighted by Gasteiger charge is 2.28. The maximum atomic E-state index is 11.5. The largest absolute Gasteiger partial charge is 0.308 e. The van der Waals surface area contributed by atoms with Gasteiger partial charge in [0.1, 0.15) is 0 Å². The second-order valence-corrected chi connectivity index (χ2v) is 3.73. The third-order valence-electron chi connectivity index (χ3n) is 2.29. The molecule has 4 nitrogen and oxygen atoms in total. The van der Waals surface area contributed by atoms with Gasteiger partial charge in [0.15, 0.2) is 0 Å². The number of hydrogen-bond donors (Lipinski definition) is 0. The SMILES string of the molecule is CC1=NN(CCN(C)C)C(=O)C1C. The molecule has 4 heteroatoms. The summed E-state index contributed by atoms with van der Waals surface area (Å²) in [6.07, 6.45) is 0. The molecule has 0 spiro atoms. The third kappa shape index (κ3) is 2.28. The van der Waals surface area contributed by atoms with E-state index >= 15 is 0 Å². The van der Waals surface area contributed by atoms with E-state index in [1.165, 1.54) is 0 Å². The maximum absolute atomic E-state index is 11.5. The van der Waals surface area contributed by atoms with Gasteiger partial charge in [0.25, 0.3) is 5.91 Å². The second kappa shape index (κ2) is 3.87. The summed E-state index contributed by atoms with van der Waals surface area (Å²) in [6, 6.07) is 0. The Bertz CT molecular complexity index is 235. The van der Waals surface area contributed by atoms with Crippen LogP contribution in [0.25, 0.3) is 0 Å². The Labute approximate surface area is 79.2 Å². The first-order valence-corrected chi connectivity index (χ1v) is 4.53. The van der Waals surface area contributed by atoms with Crippen molar-refractivity contribution < 1.29 is 4.79 Å². The molecule has 0 aromatic rings. The van der Waals surface area contributed by atoms with Gasteiger partial charge in [0.05, 0.1) is 12.5 Å². The van der Waals surface area contributed by atoms with Crippen LogP contribution in [0.4, 0.5) is 0 Å². The van der Waals surface area contributed by atoms with Crippen LogP contribution < -0.4 is 0 Å². The fourth-order valence-corrected chi connectivity index (χ4v) is 1.18. The number of amides is 1. The molecule has 0 aliphatic carbocycles. The first kappa shape index (κ1) is 10.2. The van der Waals surface area contributed by atoms with E-state index in [1.54, 1.807) is 5.01 Å². The number of likely N-dealkylation sites (N-methyl/N-ethyl adjacent to an activating group) is 1. The van der Waals surface area contributed by atoms with Crippen LogP contribution in [0.15, 0.2) is 5.10 Å². The summed E-state index contributed by atoms with van der Waals surface area (Å²) >= 11 is 0. The predicted octanol–water partition coefficient (Wildman–Crippen LogP) is 0.402. The molecule has 1 aliphatic rings. The molecule has 1 rings (SSSR count). The molecule has 0 aromatic carbocycles. The van der Waals surface area contributed by atoms with Gasteiger partial charge < -0.3 is 4.90 Å². The molecule has 1 heterocycles. The average Bonchev–Trinajstić information content (AvgIpc) is 2.29. The van der Waals surface area contributed by atoms with Crippen molar-refractivity contribution in [2.45, 2.75) is 13.8 Å². The van der Waals surface area contributed by atoms with Crippen molar-refractivity contribution in [2.24, 2.45) is 11.0 Å². The van der Waals surface area contributed by atoms with Crippen LogP contribution >= 0.6 is 0 Å². The maximum Gasteiger partial charge on any atom is 0.251 e. The number of carbonyl (C=O) groups excluding carboxylic acids is 1. The van der Waals surface area contributed by atoms with Crippen molar-refractivity contribution >= 4 is 11.6 Å². The lowest BCUT2D eigenvalue weighted by Crippen LogP contribution is -2.32. The topological polar surface area (TPSA) is 35.9 Å². The van der Waals surface area contributed by atoms with Crippen LogP contribution in [-0.4, -0.2) is 48.7 Å². The van der Waals surface area contributed by atoms with Crippen LogP contribution in [0.3, 0.4) is 0 Å². The number of rotatable bonds is 3. The van der Waals surface area contributed by atoms with E-state index in [4.69, 9.17) is 0 Å². The third-order valence-corrected chi connectivity index (χ3v) is 2.29. The second-order valence-electron chi connectivity index (χ2n) is 3.73. The average molecular weight is 183 g/mol. The van der Waals surface area contributed by atoms with Crippen LogP contribution in [-0.2, 0) is 4.79 Å². The summed E-state index contributed by atoms with van der Waals surface area (Å²) in [4.78, 5) is 13.6. The Hall–Kier alpha value is -0.900. The van der Waals surface area contributed by atoms with Crippen LogP contribution in [0, 0.1) is 5.92 Å². The highest BCUT2D eigenvalue weighted by Crippen LogP contribution is 2.13. The normalized spacial score (nSPS) is 22.8. The Balaban J connectivity index is 2.49. The highest BCUT2D eigenvalue weighted by molar-refractivity contribution is 6.06. The molecule has 1 unspecified atom stereocenters. The van der Waals surface area contributed by atoms with Crippen LogP contribution in [0.5, 0.6) is 0 Å². The highest BCUT2D eigenvalue weighted by atomic mass is 16.2. The Morgan fingerprint density at radius 2 is 2.15 bits per heavy atom. The monoisotopic (exact) mass is 183 g/mol. The van der Waals surface area contributed by atoms with Crippen molar-refractivity contribution in [3.05, 3.63) is 0 Å². The summed E-state index contributed by atoms with van der Waals surface area (Å²) in [6.45, 7) is 5.35. The van der Waals surface area contributed by atoms with Crippen molar-refractivity contribution in [3.63, 3.8) is 0 Å². The molecule has 13 heavy (non-hydrogen) atoms. The predicted molar refractivity (Wildman–Crippen MR) is 52.5 cm³/mol. The van der Waals surface area contributed by atoms with Crippen LogP contribution in [0.1, 0.15) is 13.8 Å². The molecule has 0 saturated carbocycles. The van der Waals surface area contributed by atoms with Gasteiger partial charge >= 0.3 is 0 Å². The lowest BCUT2D eigenvalue weighted by Gasteiger charge is -2.15. The van der Waals surface area contributed by atoms with E-state index in [0.29, 0.717) is 6.54 Å². The van der Waals surface area contributed by atoms with Gasteiger partial charge in [-0.05, 0) is 27.9 Å². The summed E-state index contributed by atoms with van der Waals surface area (Å²) in [7, 11) is 3.97. The quantitative estimate of drug-likeness (QED) is 0.635. The fourth-order valence-electron chi connectivity index (χ4n) is 1.18. The van der Waals surface area contributed by atoms with Gasteiger partial charge in [-0.3, -0.25) is 4.79 Å². The molecule has 0 saturated heterocycles. The smallest absolute Gasteiger partial charge is 0.251 e. The van der Waals surface area contributed by atoms with Crippen molar-refractivity contribution in [3.8, 4) is 0 Å². The zero-order valence-corrected chi connectivity index (χ0v) is 8.74. The minimum absolute atomic E-state index is 0.0258. The van der Waals surface area contributed by atoms with E-state index in [2.05, 4.69) is 5.10 Å². The van der Waals surface area contributed by atoms with Gasteiger partial charge in [0, 0.05) is 12.3 Å². The van der Waals surface area contributed by atoms with Gasteiger partial charge in [-0.1, -0.05) is 0 Å². The number of hydrazone groups is 1. The summed E-state index contributed by atoms with van der Waals surface area (Å²) < 4.78 is 0. The van der Waals surface area contributed by atoms with Gasteiger partial charge in [-0.2, -0.15) is 5.10 Å². The molecule has 0 bridgehead atoms. The summed E-state index contributed by atoms with van der Waals surface area (Å²) in [5.41, 5.74) is 0.920. The van der Waals surface area contributed by atoms with Gasteiger partial charge in [-0.15, -0.1) is 0 Å². The molecule has 1 aliphatic heterocycles.